The Bertz CT molecular complexity index is 482. The van der Waals surface area contributed by atoms with E-state index in [0.29, 0.717) is 12.1 Å². The predicted molar refractivity (Wildman–Crippen MR) is 74.1 cm³/mol. The Hall–Kier alpha value is -1.65. The molecule has 1 heterocycles. The summed E-state index contributed by atoms with van der Waals surface area (Å²) in [5, 5.41) is 2.87. The topological polar surface area (TPSA) is 47.6 Å². The van der Waals surface area contributed by atoms with Crippen molar-refractivity contribution in [3.63, 3.8) is 0 Å². The Labute approximate surface area is 114 Å². The standard InChI is InChI=1S/C14H18BNO3/c1-14(2,3)19-13(17)16-11-6-7-18-12-8-9(15)4-5-10(11)12/h4-5,8,11H,6-7H2,1-3H3,(H,16,17). The van der Waals surface area contributed by atoms with E-state index < -0.39 is 11.7 Å². The van der Waals surface area contributed by atoms with E-state index in [2.05, 4.69) is 5.32 Å². The number of carbonyl (C=O) groups excluding carboxylic acids is 1. The largest absolute Gasteiger partial charge is 0.493 e. The molecule has 1 N–H and O–H groups in total. The second-order valence-corrected chi connectivity index (χ2v) is 5.63. The van der Waals surface area contributed by atoms with E-state index in [0.717, 1.165) is 17.7 Å². The number of amides is 1. The third-order valence-electron chi connectivity index (χ3n) is 2.77. The fraction of sp³-hybridized carbons (Fsp3) is 0.500. The van der Waals surface area contributed by atoms with Crippen LogP contribution >= 0.6 is 0 Å². The zero-order valence-electron chi connectivity index (χ0n) is 11.5. The van der Waals surface area contributed by atoms with Gasteiger partial charge in [-0.1, -0.05) is 17.6 Å². The molecule has 19 heavy (non-hydrogen) atoms. The van der Waals surface area contributed by atoms with Crippen LogP contribution in [0.15, 0.2) is 18.2 Å². The molecule has 2 radical (unpaired) electrons. The number of carbonyl (C=O) groups is 1. The molecule has 0 aromatic heterocycles. The van der Waals surface area contributed by atoms with Crippen molar-refractivity contribution in [2.24, 2.45) is 0 Å². The first-order chi connectivity index (χ1) is 8.85. The summed E-state index contributed by atoms with van der Waals surface area (Å²) in [6.45, 7) is 6.07. The summed E-state index contributed by atoms with van der Waals surface area (Å²) in [5.74, 6) is 0.729. The van der Waals surface area contributed by atoms with Gasteiger partial charge >= 0.3 is 6.09 Å². The van der Waals surface area contributed by atoms with Crippen molar-refractivity contribution in [3.05, 3.63) is 23.8 Å². The van der Waals surface area contributed by atoms with Crippen LogP contribution in [0.5, 0.6) is 5.75 Å². The van der Waals surface area contributed by atoms with Gasteiger partial charge in [0.2, 0.25) is 0 Å². The zero-order valence-corrected chi connectivity index (χ0v) is 11.5. The van der Waals surface area contributed by atoms with E-state index in [-0.39, 0.29) is 6.04 Å². The number of ether oxygens (including phenoxy) is 2. The lowest BCUT2D eigenvalue weighted by Gasteiger charge is -2.28. The van der Waals surface area contributed by atoms with E-state index in [1.807, 2.05) is 26.8 Å². The molecule has 0 fully saturated rings. The molecule has 5 heteroatoms. The van der Waals surface area contributed by atoms with Crippen LogP contribution in [0.25, 0.3) is 0 Å². The highest BCUT2D eigenvalue weighted by Crippen LogP contribution is 2.31. The van der Waals surface area contributed by atoms with Crippen molar-refractivity contribution in [3.8, 4) is 5.75 Å². The molecule has 0 saturated heterocycles. The third kappa shape index (κ3) is 3.66. The molecule has 1 aromatic carbocycles. The van der Waals surface area contributed by atoms with Crippen molar-refractivity contribution < 1.29 is 14.3 Å². The second kappa shape index (κ2) is 5.15. The van der Waals surface area contributed by atoms with Crippen molar-refractivity contribution in [2.45, 2.75) is 38.8 Å². The maximum Gasteiger partial charge on any atom is 0.408 e. The molecule has 4 nitrogen and oxygen atoms in total. The van der Waals surface area contributed by atoms with Gasteiger partial charge in [-0.25, -0.2) is 4.79 Å². The zero-order chi connectivity index (χ0) is 14.0. The van der Waals surface area contributed by atoms with Crippen molar-refractivity contribution >= 4 is 19.4 Å². The van der Waals surface area contributed by atoms with Crippen LogP contribution in [0.3, 0.4) is 0 Å². The number of hydrogen-bond donors (Lipinski definition) is 1. The molecule has 0 spiro atoms. The van der Waals surface area contributed by atoms with Gasteiger partial charge < -0.3 is 14.8 Å². The van der Waals surface area contributed by atoms with E-state index in [4.69, 9.17) is 17.3 Å². The number of fused-ring (bicyclic) bond motifs is 1. The number of hydrogen-bond acceptors (Lipinski definition) is 3. The normalized spacial score (nSPS) is 18.2. The smallest absolute Gasteiger partial charge is 0.408 e. The highest BCUT2D eigenvalue weighted by molar-refractivity contribution is 6.32. The molecule has 100 valence electrons. The SMILES string of the molecule is [B]c1ccc2c(c1)OCCC2NC(=O)OC(C)(C)C. The van der Waals surface area contributed by atoms with Gasteiger partial charge in [-0.3, -0.25) is 0 Å². The summed E-state index contributed by atoms with van der Waals surface area (Å²) in [6, 6.07) is 5.36. The van der Waals surface area contributed by atoms with Gasteiger partial charge in [0.1, 0.15) is 19.2 Å². The molecule has 0 saturated carbocycles. The summed E-state index contributed by atoms with van der Waals surface area (Å²) >= 11 is 0. The molecular weight excluding hydrogens is 241 g/mol. The molecule has 0 aliphatic carbocycles. The number of benzene rings is 1. The van der Waals surface area contributed by atoms with E-state index in [1.165, 1.54) is 0 Å². The fourth-order valence-electron chi connectivity index (χ4n) is 2.01. The number of alkyl carbamates (subject to hydrolysis) is 1. The van der Waals surface area contributed by atoms with E-state index in [1.54, 1.807) is 12.1 Å². The minimum absolute atomic E-state index is 0.0980. The lowest BCUT2D eigenvalue weighted by Crippen LogP contribution is -2.37. The van der Waals surface area contributed by atoms with Crippen LogP contribution in [-0.2, 0) is 4.74 Å². The van der Waals surface area contributed by atoms with E-state index in [9.17, 15) is 4.79 Å². The first-order valence-corrected chi connectivity index (χ1v) is 6.37. The Kier molecular flexibility index (Phi) is 3.74. The monoisotopic (exact) mass is 259 g/mol. The average molecular weight is 259 g/mol. The van der Waals surface area contributed by atoms with Crippen molar-refractivity contribution in [1.82, 2.24) is 5.32 Å². The molecule has 1 aliphatic rings. The van der Waals surface area contributed by atoms with Gasteiger partial charge in [0, 0.05) is 12.0 Å². The minimum atomic E-state index is -0.501. The molecule has 0 bridgehead atoms. The Morgan fingerprint density at radius 3 is 2.89 bits per heavy atom. The summed E-state index contributed by atoms with van der Waals surface area (Å²) < 4.78 is 10.8. The van der Waals surface area contributed by atoms with Crippen molar-refractivity contribution in [2.75, 3.05) is 6.61 Å². The molecular formula is C14H18BNO3. The molecule has 1 atom stereocenters. The molecule has 1 amide bonds. The van der Waals surface area contributed by atoms with Gasteiger partial charge in [0.25, 0.3) is 0 Å². The van der Waals surface area contributed by atoms with E-state index >= 15 is 0 Å². The molecule has 1 aromatic rings. The van der Waals surface area contributed by atoms with Crippen LogP contribution in [0.1, 0.15) is 38.8 Å². The van der Waals surface area contributed by atoms with Gasteiger partial charge in [-0.15, -0.1) is 0 Å². The van der Waals surface area contributed by atoms with Gasteiger partial charge in [-0.05, 0) is 26.8 Å². The van der Waals surface area contributed by atoms with Crippen LogP contribution in [-0.4, -0.2) is 26.1 Å². The van der Waals surface area contributed by atoms with Crippen LogP contribution < -0.4 is 15.5 Å². The summed E-state index contributed by atoms with van der Waals surface area (Å²) in [4.78, 5) is 11.8. The van der Waals surface area contributed by atoms with Crippen LogP contribution in [0.4, 0.5) is 4.79 Å². The first kappa shape index (κ1) is 13.8. The third-order valence-corrected chi connectivity index (χ3v) is 2.77. The minimum Gasteiger partial charge on any atom is -0.493 e. The Balaban J connectivity index is 2.09. The maximum absolute atomic E-state index is 11.8. The van der Waals surface area contributed by atoms with Gasteiger partial charge in [0.05, 0.1) is 12.6 Å². The second-order valence-electron chi connectivity index (χ2n) is 5.63. The fourth-order valence-corrected chi connectivity index (χ4v) is 2.01. The van der Waals surface area contributed by atoms with Crippen LogP contribution in [0, 0.1) is 0 Å². The lowest BCUT2D eigenvalue weighted by molar-refractivity contribution is 0.0491. The number of nitrogens with one attached hydrogen (secondary N) is 1. The van der Waals surface area contributed by atoms with Crippen molar-refractivity contribution in [1.29, 1.82) is 0 Å². The molecule has 1 aliphatic heterocycles. The Morgan fingerprint density at radius 1 is 1.47 bits per heavy atom. The lowest BCUT2D eigenvalue weighted by atomic mass is 9.91. The molecule has 1 unspecified atom stereocenters. The highest BCUT2D eigenvalue weighted by atomic mass is 16.6. The van der Waals surface area contributed by atoms with Gasteiger partial charge in [-0.2, -0.15) is 0 Å². The highest BCUT2D eigenvalue weighted by Gasteiger charge is 2.25. The maximum atomic E-state index is 11.8. The number of rotatable bonds is 1. The summed E-state index contributed by atoms with van der Waals surface area (Å²) in [5.41, 5.74) is 1.09. The quantitative estimate of drug-likeness (QED) is 0.782. The predicted octanol–water partition coefficient (Wildman–Crippen LogP) is 1.83. The Morgan fingerprint density at radius 2 is 2.21 bits per heavy atom. The van der Waals surface area contributed by atoms with Crippen LogP contribution in [0.2, 0.25) is 0 Å². The molecule has 2 rings (SSSR count). The average Bonchev–Trinajstić information content (AvgIpc) is 2.26. The van der Waals surface area contributed by atoms with Gasteiger partial charge in [0.15, 0.2) is 0 Å². The first-order valence-electron chi connectivity index (χ1n) is 6.37. The summed E-state index contributed by atoms with van der Waals surface area (Å²) in [6.07, 6.45) is 0.304. The summed E-state index contributed by atoms with van der Waals surface area (Å²) in [7, 11) is 5.72.